The fourth-order valence-corrected chi connectivity index (χ4v) is 3.13. The number of carbonyl (C=O) groups is 1. The molecule has 5 nitrogen and oxygen atoms in total. The van der Waals surface area contributed by atoms with Crippen LogP contribution in [-0.2, 0) is 17.9 Å². The molecule has 1 amide bonds. The van der Waals surface area contributed by atoms with Gasteiger partial charge in [-0.2, -0.15) is 4.57 Å². The highest BCUT2D eigenvalue weighted by molar-refractivity contribution is 5.92. The molecule has 2 heterocycles. The Kier molecular flexibility index (Phi) is 4.56. The number of hydrogen-bond acceptors (Lipinski definition) is 3. The molecule has 27 heavy (non-hydrogen) atoms. The van der Waals surface area contributed by atoms with E-state index in [-0.39, 0.29) is 12.4 Å². The van der Waals surface area contributed by atoms with Crippen molar-refractivity contribution in [2.24, 2.45) is 5.73 Å². The third kappa shape index (κ3) is 3.66. The van der Waals surface area contributed by atoms with Gasteiger partial charge >= 0.3 is 0 Å². The van der Waals surface area contributed by atoms with Crippen LogP contribution in [0.3, 0.4) is 0 Å². The highest BCUT2D eigenvalue weighted by atomic mass is 19.1. The summed E-state index contributed by atoms with van der Waals surface area (Å²) in [5.41, 5.74) is 7.94. The summed E-state index contributed by atoms with van der Waals surface area (Å²) in [7, 11) is 0. The van der Waals surface area contributed by atoms with Gasteiger partial charge in [0.2, 0.25) is 6.29 Å². The summed E-state index contributed by atoms with van der Waals surface area (Å²) in [5, 5.41) is 0. The molecule has 0 fully saturated rings. The van der Waals surface area contributed by atoms with Crippen molar-refractivity contribution in [2.45, 2.75) is 19.4 Å². The van der Waals surface area contributed by atoms with Crippen LogP contribution in [0.1, 0.15) is 33.3 Å². The summed E-state index contributed by atoms with van der Waals surface area (Å²) >= 11 is 0. The minimum absolute atomic E-state index is 0.256. The van der Waals surface area contributed by atoms with E-state index in [1.54, 1.807) is 29.1 Å². The first-order valence-electron chi connectivity index (χ1n) is 8.53. The van der Waals surface area contributed by atoms with E-state index >= 15 is 0 Å². The topological polar surface area (TPSA) is 65.4 Å². The number of rotatable bonds is 4. The van der Waals surface area contributed by atoms with Crippen LogP contribution in [0.15, 0.2) is 67.0 Å². The number of fused-ring (bicyclic) bond motifs is 1. The van der Waals surface area contributed by atoms with Gasteiger partial charge in [0, 0.05) is 17.2 Å². The zero-order valence-corrected chi connectivity index (χ0v) is 14.5. The summed E-state index contributed by atoms with van der Waals surface area (Å²) < 4.78 is 27.7. The molecule has 1 aliphatic heterocycles. The molecule has 4 rings (SSSR count). The molecule has 1 aliphatic rings. The Bertz CT molecular complexity index is 992. The van der Waals surface area contributed by atoms with E-state index < -0.39 is 12.2 Å². The second-order valence-corrected chi connectivity index (χ2v) is 6.35. The second kappa shape index (κ2) is 7.17. The van der Waals surface area contributed by atoms with Gasteiger partial charge in [0.25, 0.3) is 5.91 Å². The Hall–Kier alpha value is -3.25. The maximum absolute atomic E-state index is 14.1. The molecule has 0 bridgehead atoms. The molecule has 2 N–H and O–H groups in total. The van der Waals surface area contributed by atoms with Gasteiger partial charge in [-0.25, -0.2) is 4.39 Å². The number of nitrogens with two attached hydrogens (primary N) is 1. The van der Waals surface area contributed by atoms with Gasteiger partial charge in [-0.3, -0.25) is 4.79 Å². The van der Waals surface area contributed by atoms with E-state index in [0.29, 0.717) is 29.0 Å². The van der Waals surface area contributed by atoms with Crippen LogP contribution in [0.4, 0.5) is 4.39 Å². The van der Waals surface area contributed by atoms with Crippen LogP contribution < -0.4 is 15.0 Å². The number of ether oxygens (including phenoxy) is 2. The third-order valence-corrected chi connectivity index (χ3v) is 4.39. The average Bonchev–Trinajstić information content (AvgIpc) is 2.68. The van der Waals surface area contributed by atoms with Crippen molar-refractivity contribution in [3.05, 3.63) is 95.1 Å². The van der Waals surface area contributed by atoms with Crippen molar-refractivity contribution in [3.63, 3.8) is 0 Å². The minimum atomic E-state index is -0.551. The fourth-order valence-electron chi connectivity index (χ4n) is 3.13. The standard InChI is InChI=1S/C21H17FN2O3/c22-18-9-16(12-24-8-4-7-15(11-24)20(23)25)19-17(10-18)13-26-21(27-19)14-5-2-1-3-6-14/h1-11,21H,12-13H2,(H-,23,25)/p+1/t21-/m0/s1. The van der Waals surface area contributed by atoms with E-state index in [0.717, 1.165) is 5.56 Å². The van der Waals surface area contributed by atoms with Gasteiger partial charge in [-0.05, 0) is 18.2 Å². The van der Waals surface area contributed by atoms with Crippen molar-refractivity contribution in [1.29, 1.82) is 0 Å². The lowest BCUT2D eigenvalue weighted by atomic mass is 10.1. The number of benzene rings is 2. The highest BCUT2D eigenvalue weighted by Crippen LogP contribution is 2.36. The molecule has 1 atom stereocenters. The van der Waals surface area contributed by atoms with Gasteiger partial charge in [0.1, 0.15) is 17.1 Å². The van der Waals surface area contributed by atoms with E-state index in [9.17, 15) is 9.18 Å². The third-order valence-electron chi connectivity index (χ3n) is 4.39. The Labute approximate surface area is 155 Å². The van der Waals surface area contributed by atoms with Crippen molar-refractivity contribution >= 4 is 5.91 Å². The average molecular weight is 365 g/mol. The summed E-state index contributed by atoms with van der Waals surface area (Å²) in [5.74, 6) is -0.270. The first-order valence-corrected chi connectivity index (χ1v) is 8.53. The predicted octanol–water partition coefficient (Wildman–Crippen LogP) is 2.87. The fraction of sp³-hybridized carbons (Fsp3) is 0.143. The van der Waals surface area contributed by atoms with Crippen molar-refractivity contribution in [3.8, 4) is 5.75 Å². The van der Waals surface area contributed by atoms with Crippen LogP contribution in [0.2, 0.25) is 0 Å². The number of aromatic nitrogens is 1. The normalized spacial score (nSPS) is 15.7. The zero-order chi connectivity index (χ0) is 18.8. The van der Waals surface area contributed by atoms with Crippen LogP contribution in [0.25, 0.3) is 0 Å². The maximum atomic E-state index is 14.1. The number of halogens is 1. The molecule has 0 unspecified atom stereocenters. The van der Waals surface area contributed by atoms with Crippen LogP contribution >= 0.6 is 0 Å². The largest absolute Gasteiger partial charge is 0.460 e. The molecule has 1 aromatic heterocycles. The lowest BCUT2D eigenvalue weighted by molar-refractivity contribution is -0.688. The first-order chi connectivity index (χ1) is 13.1. The van der Waals surface area contributed by atoms with Crippen molar-refractivity contribution in [1.82, 2.24) is 0 Å². The number of primary amides is 1. The minimum Gasteiger partial charge on any atom is -0.460 e. The van der Waals surface area contributed by atoms with Gasteiger partial charge in [0.15, 0.2) is 18.9 Å². The molecule has 3 aromatic rings. The molecule has 0 spiro atoms. The molecule has 136 valence electrons. The monoisotopic (exact) mass is 365 g/mol. The highest BCUT2D eigenvalue weighted by Gasteiger charge is 2.26. The van der Waals surface area contributed by atoms with Crippen molar-refractivity contribution in [2.75, 3.05) is 0 Å². The predicted molar refractivity (Wildman–Crippen MR) is 95.3 cm³/mol. The molecular formula is C21H18FN2O3+. The number of nitrogens with zero attached hydrogens (tertiary/aromatic N) is 1. The molecule has 0 saturated carbocycles. The zero-order valence-electron chi connectivity index (χ0n) is 14.5. The molecule has 0 saturated heterocycles. The summed E-state index contributed by atoms with van der Waals surface area (Å²) in [6, 6.07) is 15.8. The van der Waals surface area contributed by atoms with Crippen LogP contribution in [0.5, 0.6) is 5.75 Å². The summed E-state index contributed by atoms with van der Waals surface area (Å²) in [6.07, 6.45) is 2.87. The maximum Gasteiger partial charge on any atom is 0.254 e. The van der Waals surface area contributed by atoms with E-state index in [1.165, 1.54) is 12.1 Å². The number of pyridine rings is 1. The van der Waals surface area contributed by atoms with E-state index in [1.807, 2.05) is 30.3 Å². The molecular weight excluding hydrogens is 347 g/mol. The quantitative estimate of drug-likeness (QED) is 0.723. The Morgan fingerprint density at radius 3 is 2.78 bits per heavy atom. The second-order valence-electron chi connectivity index (χ2n) is 6.35. The van der Waals surface area contributed by atoms with Gasteiger partial charge in [0.05, 0.1) is 12.2 Å². The van der Waals surface area contributed by atoms with Gasteiger partial charge in [-0.15, -0.1) is 0 Å². The molecule has 6 heteroatoms. The van der Waals surface area contributed by atoms with E-state index in [2.05, 4.69) is 0 Å². The number of amides is 1. The number of carbonyl (C=O) groups excluding carboxylic acids is 1. The Balaban J connectivity index is 1.67. The van der Waals surface area contributed by atoms with Crippen molar-refractivity contribution < 1.29 is 23.2 Å². The van der Waals surface area contributed by atoms with Crippen LogP contribution in [-0.4, -0.2) is 5.91 Å². The summed E-state index contributed by atoms with van der Waals surface area (Å²) in [6.45, 7) is 0.592. The Morgan fingerprint density at radius 2 is 2.00 bits per heavy atom. The lowest BCUT2D eigenvalue weighted by Crippen LogP contribution is -2.35. The molecule has 0 radical (unpaired) electrons. The van der Waals surface area contributed by atoms with E-state index in [4.69, 9.17) is 15.2 Å². The Morgan fingerprint density at radius 1 is 1.19 bits per heavy atom. The first kappa shape index (κ1) is 17.2. The van der Waals surface area contributed by atoms with Crippen LogP contribution in [0, 0.1) is 5.82 Å². The molecule has 2 aromatic carbocycles. The lowest BCUT2D eigenvalue weighted by Gasteiger charge is -2.28. The van der Waals surface area contributed by atoms with Gasteiger partial charge in [-0.1, -0.05) is 30.3 Å². The van der Waals surface area contributed by atoms with Gasteiger partial charge < -0.3 is 15.2 Å². The number of hydrogen-bond donors (Lipinski definition) is 1. The molecule has 0 aliphatic carbocycles. The smallest absolute Gasteiger partial charge is 0.254 e. The summed E-state index contributed by atoms with van der Waals surface area (Å²) in [4.78, 5) is 11.4. The SMILES string of the molecule is NC(=O)c1ccc[n+](Cc2cc(F)cc3c2O[C@@H](c2ccccc2)OC3)c1.